The van der Waals surface area contributed by atoms with E-state index in [1.165, 1.54) is 41.3 Å². The Morgan fingerprint density at radius 3 is 2.67 bits per heavy atom. The molecule has 2 unspecified atom stereocenters. The second-order valence-electron chi connectivity index (χ2n) is 6.46. The first-order valence-electron chi connectivity index (χ1n) is 7.08. The lowest BCUT2D eigenvalue weighted by molar-refractivity contribution is 0.112. The van der Waals surface area contributed by atoms with Crippen LogP contribution in [-0.4, -0.2) is 11.0 Å². The Morgan fingerprint density at radius 2 is 2.11 bits per heavy atom. The summed E-state index contributed by atoms with van der Waals surface area (Å²) in [6.45, 7) is 9.00. The number of hydrogen-bond acceptors (Lipinski definition) is 3. The summed E-state index contributed by atoms with van der Waals surface area (Å²) in [5.74, 6) is 0.649. The van der Waals surface area contributed by atoms with E-state index in [-0.39, 0.29) is 6.04 Å². The van der Waals surface area contributed by atoms with Crippen molar-refractivity contribution in [1.29, 1.82) is 0 Å². The summed E-state index contributed by atoms with van der Waals surface area (Å²) < 4.78 is 0. The molecule has 1 aromatic heterocycles. The molecule has 0 aliphatic heterocycles. The number of nitrogens with zero attached hydrogens (tertiary/aromatic N) is 1. The van der Waals surface area contributed by atoms with E-state index in [4.69, 9.17) is 5.73 Å². The molecular formula is C15H26N2S. The molecule has 3 heteroatoms. The molecule has 1 aliphatic carbocycles. The molecule has 102 valence electrons. The van der Waals surface area contributed by atoms with Crippen LogP contribution in [0.15, 0.2) is 0 Å². The fraction of sp³-hybridized carbons (Fsp3) is 0.800. The van der Waals surface area contributed by atoms with Crippen molar-refractivity contribution in [2.24, 2.45) is 17.1 Å². The molecule has 2 rings (SSSR count). The first kappa shape index (κ1) is 14.0. The Balaban J connectivity index is 2.04. The van der Waals surface area contributed by atoms with Crippen molar-refractivity contribution in [3.63, 3.8) is 0 Å². The van der Waals surface area contributed by atoms with Gasteiger partial charge in [-0.3, -0.25) is 0 Å². The molecule has 1 aromatic rings. The molecule has 1 saturated carbocycles. The van der Waals surface area contributed by atoms with E-state index in [2.05, 4.69) is 32.7 Å². The van der Waals surface area contributed by atoms with E-state index in [9.17, 15) is 0 Å². The third-order valence-corrected chi connectivity index (χ3v) is 5.69. The largest absolute Gasteiger partial charge is 0.327 e. The van der Waals surface area contributed by atoms with Gasteiger partial charge in [-0.15, -0.1) is 11.3 Å². The van der Waals surface area contributed by atoms with E-state index in [0.29, 0.717) is 11.3 Å². The highest BCUT2D eigenvalue weighted by molar-refractivity contribution is 7.11. The average Bonchev–Trinajstić information content (AvgIpc) is 2.57. The zero-order valence-corrected chi connectivity index (χ0v) is 12.9. The number of aryl methyl sites for hydroxylation is 2. The van der Waals surface area contributed by atoms with Gasteiger partial charge in [-0.05, 0) is 38.0 Å². The van der Waals surface area contributed by atoms with Crippen molar-refractivity contribution >= 4 is 11.3 Å². The van der Waals surface area contributed by atoms with Crippen LogP contribution < -0.4 is 5.73 Å². The Kier molecular flexibility index (Phi) is 4.12. The predicted molar refractivity (Wildman–Crippen MR) is 79.0 cm³/mol. The van der Waals surface area contributed by atoms with Gasteiger partial charge in [0.2, 0.25) is 0 Å². The van der Waals surface area contributed by atoms with Gasteiger partial charge in [0.15, 0.2) is 0 Å². The molecule has 0 amide bonds. The van der Waals surface area contributed by atoms with Crippen LogP contribution in [-0.2, 0) is 6.42 Å². The van der Waals surface area contributed by atoms with Crippen LogP contribution in [0.25, 0.3) is 0 Å². The van der Waals surface area contributed by atoms with Crippen molar-refractivity contribution in [1.82, 2.24) is 4.98 Å². The van der Waals surface area contributed by atoms with E-state index in [0.717, 1.165) is 6.42 Å². The monoisotopic (exact) mass is 266 g/mol. The molecule has 0 spiro atoms. The molecule has 2 nitrogen and oxygen atoms in total. The molecule has 2 N–H and O–H groups in total. The Hall–Kier alpha value is -0.410. The lowest BCUT2D eigenvalue weighted by Gasteiger charge is -2.41. The second-order valence-corrected chi connectivity index (χ2v) is 7.75. The van der Waals surface area contributed by atoms with Crippen LogP contribution in [0.3, 0.4) is 0 Å². The predicted octanol–water partition coefficient (Wildman–Crippen LogP) is 3.85. The van der Waals surface area contributed by atoms with Gasteiger partial charge >= 0.3 is 0 Å². The van der Waals surface area contributed by atoms with Crippen molar-refractivity contribution in [2.75, 3.05) is 0 Å². The third-order valence-electron chi connectivity index (χ3n) is 4.59. The normalized spacial score (nSPS) is 25.1. The zero-order valence-electron chi connectivity index (χ0n) is 12.1. The molecule has 2 atom stereocenters. The molecule has 0 saturated heterocycles. The molecule has 1 heterocycles. The van der Waals surface area contributed by atoms with Crippen molar-refractivity contribution in [3.05, 3.63) is 15.6 Å². The summed E-state index contributed by atoms with van der Waals surface area (Å²) in [5.41, 5.74) is 8.06. The number of thiazole rings is 1. The van der Waals surface area contributed by atoms with Crippen LogP contribution in [0, 0.1) is 25.2 Å². The summed E-state index contributed by atoms with van der Waals surface area (Å²) in [6, 6.07) is 0.269. The van der Waals surface area contributed by atoms with Gasteiger partial charge in [0.25, 0.3) is 0 Å². The Morgan fingerprint density at radius 1 is 1.39 bits per heavy atom. The van der Waals surface area contributed by atoms with Gasteiger partial charge in [-0.25, -0.2) is 4.98 Å². The summed E-state index contributed by atoms with van der Waals surface area (Å²) in [5, 5.41) is 1.22. The van der Waals surface area contributed by atoms with Crippen LogP contribution >= 0.6 is 11.3 Å². The molecule has 0 bridgehead atoms. The Labute approximate surface area is 115 Å². The van der Waals surface area contributed by atoms with Crippen LogP contribution in [0.5, 0.6) is 0 Å². The minimum absolute atomic E-state index is 0.269. The first-order chi connectivity index (χ1) is 8.40. The maximum Gasteiger partial charge on any atom is 0.0946 e. The number of aromatic nitrogens is 1. The lowest BCUT2D eigenvalue weighted by Crippen LogP contribution is -2.42. The minimum atomic E-state index is 0.269. The fourth-order valence-electron chi connectivity index (χ4n) is 3.28. The van der Waals surface area contributed by atoms with Gasteiger partial charge in [0.1, 0.15) is 0 Å². The van der Waals surface area contributed by atoms with E-state index >= 15 is 0 Å². The van der Waals surface area contributed by atoms with Gasteiger partial charge in [0.05, 0.1) is 10.7 Å². The summed E-state index contributed by atoms with van der Waals surface area (Å²) in [6.07, 6.45) is 6.27. The lowest BCUT2D eigenvalue weighted by atomic mass is 9.65. The topological polar surface area (TPSA) is 38.9 Å². The quantitative estimate of drug-likeness (QED) is 0.902. The fourth-order valence-corrected chi connectivity index (χ4v) is 4.29. The highest BCUT2D eigenvalue weighted by Gasteiger charge is 2.36. The number of hydrogen-bond donors (Lipinski definition) is 1. The molecular weight excluding hydrogens is 240 g/mol. The van der Waals surface area contributed by atoms with Gasteiger partial charge in [0, 0.05) is 17.3 Å². The summed E-state index contributed by atoms with van der Waals surface area (Å²) in [4.78, 5) is 5.96. The standard InChI is InChI=1S/C15H26N2S/c1-10-11(2)18-14(17-10)9-13(16)12-7-5-6-8-15(12,3)4/h12-13H,5-9,16H2,1-4H3. The molecule has 1 fully saturated rings. The zero-order chi connectivity index (χ0) is 13.3. The second kappa shape index (κ2) is 5.30. The van der Waals surface area contributed by atoms with Gasteiger partial charge in [-0.1, -0.05) is 26.7 Å². The highest BCUT2D eigenvalue weighted by atomic mass is 32.1. The molecule has 1 aliphatic rings. The van der Waals surface area contributed by atoms with Gasteiger partial charge in [-0.2, -0.15) is 0 Å². The van der Waals surface area contributed by atoms with Crippen LogP contribution in [0.4, 0.5) is 0 Å². The summed E-state index contributed by atoms with van der Waals surface area (Å²) in [7, 11) is 0. The maximum absolute atomic E-state index is 6.48. The number of rotatable bonds is 3. The van der Waals surface area contributed by atoms with Crippen LogP contribution in [0.2, 0.25) is 0 Å². The minimum Gasteiger partial charge on any atom is -0.327 e. The van der Waals surface area contributed by atoms with Crippen molar-refractivity contribution in [3.8, 4) is 0 Å². The van der Waals surface area contributed by atoms with Crippen LogP contribution in [0.1, 0.15) is 55.1 Å². The Bertz CT molecular complexity index is 389. The van der Waals surface area contributed by atoms with E-state index < -0.39 is 0 Å². The highest BCUT2D eigenvalue weighted by Crippen LogP contribution is 2.42. The smallest absolute Gasteiger partial charge is 0.0946 e. The molecule has 18 heavy (non-hydrogen) atoms. The van der Waals surface area contributed by atoms with Crippen molar-refractivity contribution < 1.29 is 0 Å². The van der Waals surface area contributed by atoms with E-state index in [1.807, 2.05) is 11.3 Å². The van der Waals surface area contributed by atoms with Gasteiger partial charge < -0.3 is 5.73 Å². The van der Waals surface area contributed by atoms with Crippen molar-refractivity contribution in [2.45, 2.75) is 65.8 Å². The molecule has 0 radical (unpaired) electrons. The number of nitrogens with two attached hydrogens (primary N) is 1. The molecule has 0 aromatic carbocycles. The maximum atomic E-state index is 6.48. The third kappa shape index (κ3) is 2.94. The van der Waals surface area contributed by atoms with E-state index in [1.54, 1.807) is 0 Å². The SMILES string of the molecule is Cc1nc(CC(N)C2CCCCC2(C)C)sc1C. The average molecular weight is 266 g/mol. The summed E-state index contributed by atoms with van der Waals surface area (Å²) >= 11 is 1.82. The first-order valence-corrected chi connectivity index (χ1v) is 7.90.